The van der Waals surface area contributed by atoms with Crippen molar-refractivity contribution in [1.82, 2.24) is 9.78 Å². The number of benzene rings is 3. The number of amides is 2. The lowest BCUT2D eigenvalue weighted by Gasteiger charge is -2.08. The van der Waals surface area contributed by atoms with Crippen molar-refractivity contribution in [1.29, 1.82) is 0 Å². The lowest BCUT2D eigenvalue weighted by Crippen LogP contribution is -2.16. The molecule has 8 heteroatoms. The minimum atomic E-state index is -0.745. The van der Waals surface area contributed by atoms with Crippen LogP contribution in [0.4, 0.5) is 14.5 Å². The van der Waals surface area contributed by atoms with E-state index in [2.05, 4.69) is 10.4 Å². The Kier molecular flexibility index (Phi) is 5.51. The minimum absolute atomic E-state index is 0.0580. The first-order valence-electron chi connectivity index (χ1n) is 9.65. The van der Waals surface area contributed by atoms with E-state index in [1.54, 1.807) is 6.07 Å². The molecule has 6 nitrogen and oxygen atoms in total. The highest BCUT2D eigenvalue weighted by Crippen LogP contribution is 2.26. The summed E-state index contributed by atoms with van der Waals surface area (Å²) in [5.41, 5.74) is 7.85. The van der Waals surface area contributed by atoms with Crippen LogP contribution in [0.15, 0.2) is 72.9 Å². The maximum atomic E-state index is 14.3. The van der Waals surface area contributed by atoms with Crippen molar-refractivity contribution < 1.29 is 18.4 Å². The molecule has 2 amide bonds. The second kappa shape index (κ2) is 8.43. The summed E-state index contributed by atoms with van der Waals surface area (Å²) in [6, 6.07) is 16.5. The predicted molar refractivity (Wildman–Crippen MR) is 117 cm³/mol. The largest absolute Gasteiger partial charge is 0.366 e. The van der Waals surface area contributed by atoms with Crippen molar-refractivity contribution in [2.24, 2.45) is 5.73 Å². The first-order chi connectivity index (χ1) is 15.3. The highest BCUT2D eigenvalue weighted by molar-refractivity contribution is 6.08. The lowest BCUT2D eigenvalue weighted by molar-refractivity contribution is 0.0996. The molecule has 0 radical (unpaired) electrons. The van der Waals surface area contributed by atoms with E-state index in [1.165, 1.54) is 47.3 Å². The highest BCUT2D eigenvalue weighted by Gasteiger charge is 2.20. The van der Waals surface area contributed by atoms with E-state index in [4.69, 9.17) is 5.73 Å². The van der Waals surface area contributed by atoms with Crippen LogP contribution in [0.25, 0.3) is 16.9 Å². The Morgan fingerprint density at radius 3 is 2.44 bits per heavy atom. The Balaban J connectivity index is 1.78. The van der Waals surface area contributed by atoms with Crippen LogP contribution in [0.1, 0.15) is 26.3 Å². The van der Waals surface area contributed by atoms with Crippen LogP contribution in [0, 0.1) is 18.6 Å². The molecule has 0 fully saturated rings. The zero-order valence-electron chi connectivity index (χ0n) is 17.0. The lowest BCUT2D eigenvalue weighted by atomic mass is 10.1. The number of rotatable bonds is 5. The van der Waals surface area contributed by atoms with Crippen molar-refractivity contribution in [3.63, 3.8) is 0 Å². The number of nitrogens with one attached hydrogen (secondary N) is 1. The number of carbonyl (C=O) groups is 2. The van der Waals surface area contributed by atoms with E-state index in [9.17, 15) is 18.4 Å². The molecule has 0 spiro atoms. The first-order valence-corrected chi connectivity index (χ1v) is 9.65. The molecular formula is C24H18F2N4O2. The number of nitrogens with zero attached hydrogens (tertiary/aromatic N) is 2. The third-order valence-electron chi connectivity index (χ3n) is 4.84. The molecule has 0 bridgehead atoms. The van der Waals surface area contributed by atoms with Crippen LogP contribution < -0.4 is 11.1 Å². The van der Waals surface area contributed by atoms with Gasteiger partial charge in [-0.25, -0.2) is 13.5 Å². The van der Waals surface area contributed by atoms with Gasteiger partial charge in [-0.2, -0.15) is 5.10 Å². The van der Waals surface area contributed by atoms with Crippen LogP contribution in [0.2, 0.25) is 0 Å². The molecule has 3 aromatic carbocycles. The molecule has 0 unspecified atom stereocenters. The van der Waals surface area contributed by atoms with Crippen molar-refractivity contribution >= 4 is 17.5 Å². The minimum Gasteiger partial charge on any atom is -0.366 e. The molecule has 4 rings (SSSR count). The first kappa shape index (κ1) is 20.9. The van der Waals surface area contributed by atoms with Gasteiger partial charge in [0.1, 0.15) is 17.3 Å². The maximum absolute atomic E-state index is 14.3. The van der Waals surface area contributed by atoms with Crippen LogP contribution in [-0.2, 0) is 0 Å². The molecule has 4 aromatic rings. The Morgan fingerprint density at radius 1 is 1.00 bits per heavy atom. The van der Waals surface area contributed by atoms with Gasteiger partial charge in [0, 0.05) is 17.3 Å². The summed E-state index contributed by atoms with van der Waals surface area (Å²) in [4.78, 5) is 24.5. The number of hydrogen-bond acceptors (Lipinski definition) is 3. The van der Waals surface area contributed by atoms with Crippen LogP contribution in [-0.4, -0.2) is 21.6 Å². The number of aromatic nitrogens is 2. The summed E-state index contributed by atoms with van der Waals surface area (Å²) in [5, 5.41) is 7.00. The SMILES string of the molecule is Cc1cccc(-c2nn(-c3ccc(F)cc3)cc2C(=O)Nc2cc(C(N)=O)ccc2F)c1. The standard InChI is InChI=1S/C24H18F2N4O2/c1-14-3-2-4-15(11-14)22-19(13-30(29-22)18-8-6-17(25)7-9-18)24(32)28-21-12-16(23(27)31)5-10-20(21)26/h2-13H,1H3,(H2,27,31)(H,28,32). The number of aryl methyl sites for hydroxylation is 1. The monoisotopic (exact) mass is 432 g/mol. The quantitative estimate of drug-likeness (QED) is 0.487. The fourth-order valence-electron chi connectivity index (χ4n) is 3.24. The zero-order valence-corrected chi connectivity index (χ0v) is 17.0. The van der Waals surface area contributed by atoms with Gasteiger partial charge in [-0.05, 0) is 55.5 Å². The van der Waals surface area contributed by atoms with Crippen molar-refractivity contribution in [3.8, 4) is 16.9 Å². The summed E-state index contributed by atoms with van der Waals surface area (Å²) in [6.07, 6.45) is 1.48. The summed E-state index contributed by atoms with van der Waals surface area (Å²) in [5.74, 6) is -2.49. The van der Waals surface area contributed by atoms with E-state index in [-0.39, 0.29) is 16.8 Å². The van der Waals surface area contributed by atoms with Crippen LogP contribution in [0.3, 0.4) is 0 Å². The molecular weight excluding hydrogens is 414 g/mol. The average Bonchev–Trinajstić information content (AvgIpc) is 3.21. The second-order valence-electron chi connectivity index (χ2n) is 7.19. The van der Waals surface area contributed by atoms with E-state index >= 15 is 0 Å². The van der Waals surface area contributed by atoms with Gasteiger partial charge < -0.3 is 11.1 Å². The third kappa shape index (κ3) is 4.24. The Labute approximate surface area is 182 Å². The van der Waals surface area contributed by atoms with E-state index in [1.807, 2.05) is 25.1 Å². The van der Waals surface area contributed by atoms with Gasteiger partial charge in [0.25, 0.3) is 5.91 Å². The molecule has 1 heterocycles. The Morgan fingerprint density at radius 2 is 1.75 bits per heavy atom. The molecule has 0 aliphatic carbocycles. The van der Waals surface area contributed by atoms with Gasteiger partial charge in [-0.15, -0.1) is 0 Å². The number of halogens is 2. The van der Waals surface area contributed by atoms with Crippen LogP contribution >= 0.6 is 0 Å². The molecule has 0 atom stereocenters. The fraction of sp³-hybridized carbons (Fsp3) is 0.0417. The third-order valence-corrected chi connectivity index (χ3v) is 4.84. The van der Waals surface area contributed by atoms with E-state index < -0.39 is 23.4 Å². The van der Waals surface area contributed by atoms with E-state index in [0.29, 0.717) is 16.9 Å². The van der Waals surface area contributed by atoms with Crippen LogP contribution in [0.5, 0.6) is 0 Å². The van der Waals surface area contributed by atoms with Gasteiger partial charge in [-0.3, -0.25) is 9.59 Å². The summed E-state index contributed by atoms with van der Waals surface area (Å²) in [7, 11) is 0. The summed E-state index contributed by atoms with van der Waals surface area (Å²) < 4.78 is 29.0. The molecule has 0 saturated carbocycles. The number of hydrogen-bond donors (Lipinski definition) is 2. The van der Waals surface area contributed by atoms with Crippen molar-refractivity contribution in [2.75, 3.05) is 5.32 Å². The van der Waals surface area contributed by atoms with Gasteiger partial charge in [-0.1, -0.05) is 23.8 Å². The molecule has 3 N–H and O–H groups in total. The second-order valence-corrected chi connectivity index (χ2v) is 7.19. The smallest absolute Gasteiger partial charge is 0.259 e. The number of carbonyl (C=O) groups excluding carboxylic acids is 2. The Bertz CT molecular complexity index is 1330. The van der Waals surface area contributed by atoms with Gasteiger partial charge in [0.2, 0.25) is 5.91 Å². The summed E-state index contributed by atoms with van der Waals surface area (Å²) >= 11 is 0. The number of anilines is 1. The Hall–Kier alpha value is -4.33. The van der Waals surface area contributed by atoms with Crippen molar-refractivity contribution in [2.45, 2.75) is 6.92 Å². The van der Waals surface area contributed by atoms with Gasteiger partial charge in [0.05, 0.1) is 16.9 Å². The maximum Gasteiger partial charge on any atom is 0.259 e. The molecule has 160 valence electrons. The summed E-state index contributed by atoms with van der Waals surface area (Å²) in [6.45, 7) is 1.91. The van der Waals surface area contributed by atoms with Gasteiger partial charge in [0.15, 0.2) is 0 Å². The topological polar surface area (TPSA) is 90.0 Å². The molecule has 0 aliphatic heterocycles. The highest BCUT2D eigenvalue weighted by atomic mass is 19.1. The zero-order chi connectivity index (χ0) is 22.8. The molecule has 0 saturated heterocycles. The van der Waals surface area contributed by atoms with Gasteiger partial charge >= 0.3 is 0 Å². The average molecular weight is 432 g/mol. The fourth-order valence-corrected chi connectivity index (χ4v) is 3.24. The molecule has 1 aromatic heterocycles. The number of nitrogens with two attached hydrogens (primary N) is 1. The van der Waals surface area contributed by atoms with Crippen molar-refractivity contribution in [3.05, 3.63) is 101 Å². The molecule has 32 heavy (non-hydrogen) atoms. The molecule has 0 aliphatic rings. The van der Waals surface area contributed by atoms with E-state index in [0.717, 1.165) is 11.6 Å². The normalized spacial score (nSPS) is 10.7. The number of primary amides is 1. The predicted octanol–water partition coefficient (Wildman–Crippen LogP) is 4.48.